The fourth-order valence-corrected chi connectivity index (χ4v) is 4.27. The van der Waals surface area contributed by atoms with Gasteiger partial charge in [0.1, 0.15) is 5.82 Å². The van der Waals surface area contributed by atoms with Gasteiger partial charge in [0.25, 0.3) is 0 Å². The number of benzene rings is 1. The Hall–Kier alpha value is -3.09. The van der Waals surface area contributed by atoms with Crippen LogP contribution in [-0.2, 0) is 13.0 Å². The van der Waals surface area contributed by atoms with E-state index < -0.39 is 0 Å². The third-order valence-electron chi connectivity index (χ3n) is 5.98. The third kappa shape index (κ3) is 5.58. The Morgan fingerprint density at radius 2 is 1.88 bits per heavy atom. The minimum absolute atomic E-state index is 0.752. The number of piperidine rings is 1. The lowest BCUT2D eigenvalue weighted by Crippen LogP contribution is -2.38. The molecular formula is C25H35N7. The summed E-state index contributed by atoms with van der Waals surface area (Å²) in [6, 6.07) is 15.0. The van der Waals surface area contributed by atoms with Gasteiger partial charge < -0.3 is 15.1 Å². The number of hydrogen-bond acceptors (Lipinski definition) is 4. The number of hydrogen-bond donors (Lipinski definition) is 1. The molecule has 0 atom stereocenters. The number of guanidine groups is 1. The van der Waals surface area contributed by atoms with E-state index in [2.05, 4.69) is 68.0 Å². The fraction of sp³-hybridized carbons (Fsp3) is 0.480. The minimum atomic E-state index is 0.752. The molecule has 7 heteroatoms. The Morgan fingerprint density at radius 3 is 2.66 bits per heavy atom. The summed E-state index contributed by atoms with van der Waals surface area (Å²) in [6.07, 6.45) is 7.78. The maximum Gasteiger partial charge on any atom is 0.193 e. The highest BCUT2D eigenvalue weighted by molar-refractivity contribution is 5.79. The average Bonchev–Trinajstić information content (AvgIpc) is 3.25. The minimum Gasteiger partial charge on any atom is -0.372 e. The van der Waals surface area contributed by atoms with Crippen molar-refractivity contribution >= 4 is 17.3 Å². The molecule has 1 saturated heterocycles. The summed E-state index contributed by atoms with van der Waals surface area (Å²) in [4.78, 5) is 9.55. The lowest BCUT2D eigenvalue weighted by atomic mass is 10.1. The van der Waals surface area contributed by atoms with Crippen molar-refractivity contribution in [1.29, 1.82) is 0 Å². The average molecular weight is 434 g/mol. The van der Waals surface area contributed by atoms with Crippen LogP contribution in [0.15, 0.2) is 53.7 Å². The van der Waals surface area contributed by atoms with E-state index in [1.165, 1.54) is 43.6 Å². The van der Waals surface area contributed by atoms with Gasteiger partial charge in [0.15, 0.2) is 11.6 Å². The van der Waals surface area contributed by atoms with E-state index in [0.717, 1.165) is 49.9 Å². The normalized spacial score (nSPS) is 14.7. The van der Waals surface area contributed by atoms with Crippen molar-refractivity contribution in [3.63, 3.8) is 0 Å². The van der Waals surface area contributed by atoms with Gasteiger partial charge in [0.05, 0.1) is 0 Å². The van der Waals surface area contributed by atoms with Gasteiger partial charge in [-0.1, -0.05) is 18.2 Å². The molecule has 1 aromatic carbocycles. The molecule has 0 amide bonds. The highest BCUT2D eigenvalue weighted by atomic mass is 15.3. The van der Waals surface area contributed by atoms with Crippen LogP contribution in [0.5, 0.6) is 0 Å². The number of pyridine rings is 1. The molecule has 3 heterocycles. The second-order valence-electron chi connectivity index (χ2n) is 8.45. The molecule has 7 nitrogen and oxygen atoms in total. The Labute approximate surface area is 191 Å². The van der Waals surface area contributed by atoms with Crippen molar-refractivity contribution in [2.24, 2.45) is 4.99 Å². The van der Waals surface area contributed by atoms with Crippen LogP contribution in [0.4, 0.5) is 5.69 Å². The maximum atomic E-state index is 4.85. The van der Waals surface area contributed by atoms with Crippen molar-refractivity contribution in [1.82, 2.24) is 24.8 Å². The number of nitrogens with zero attached hydrogens (tertiary/aromatic N) is 6. The number of fused-ring (bicyclic) bond motifs is 1. The summed E-state index contributed by atoms with van der Waals surface area (Å²) in [5.74, 6) is 1.93. The smallest absolute Gasteiger partial charge is 0.193 e. The third-order valence-corrected chi connectivity index (χ3v) is 5.98. The molecular weight excluding hydrogens is 398 g/mol. The molecule has 2 aromatic heterocycles. The van der Waals surface area contributed by atoms with Crippen molar-refractivity contribution < 1.29 is 0 Å². The van der Waals surface area contributed by atoms with Gasteiger partial charge >= 0.3 is 0 Å². The standard InChI is InChI=1S/C25H35N7/c1-3-26-25(27-16-9-11-24-29-28-23-10-5-8-19-32(23)24)30(2)20-21-12-14-22(15-13-21)31-17-6-4-7-18-31/h5,8,10,12-15,19H,3-4,6-7,9,11,16-18,20H2,1-2H3,(H,26,27). The lowest BCUT2D eigenvalue weighted by molar-refractivity contribution is 0.476. The second kappa shape index (κ2) is 11.0. The zero-order valence-corrected chi connectivity index (χ0v) is 19.4. The predicted molar refractivity (Wildman–Crippen MR) is 131 cm³/mol. The van der Waals surface area contributed by atoms with Crippen LogP contribution in [0.25, 0.3) is 5.65 Å². The van der Waals surface area contributed by atoms with Gasteiger partial charge in [-0.3, -0.25) is 9.39 Å². The quantitative estimate of drug-likeness (QED) is 0.333. The number of aliphatic imine (C=N–C) groups is 1. The number of aryl methyl sites for hydroxylation is 1. The van der Waals surface area contributed by atoms with E-state index >= 15 is 0 Å². The molecule has 0 aliphatic carbocycles. The summed E-state index contributed by atoms with van der Waals surface area (Å²) >= 11 is 0. The summed E-state index contributed by atoms with van der Waals surface area (Å²) < 4.78 is 2.05. The van der Waals surface area contributed by atoms with Crippen LogP contribution < -0.4 is 10.2 Å². The Morgan fingerprint density at radius 1 is 1.06 bits per heavy atom. The summed E-state index contributed by atoms with van der Waals surface area (Å²) in [6.45, 7) is 6.91. The highest BCUT2D eigenvalue weighted by Gasteiger charge is 2.12. The molecule has 0 spiro atoms. The van der Waals surface area contributed by atoms with Crippen LogP contribution in [0, 0.1) is 0 Å². The van der Waals surface area contributed by atoms with Gasteiger partial charge in [0, 0.05) is 58.1 Å². The number of rotatable bonds is 8. The van der Waals surface area contributed by atoms with Gasteiger partial charge in [0.2, 0.25) is 0 Å². The molecule has 0 unspecified atom stereocenters. The summed E-state index contributed by atoms with van der Waals surface area (Å²) in [5.41, 5.74) is 3.54. The van der Waals surface area contributed by atoms with Gasteiger partial charge in [-0.15, -0.1) is 10.2 Å². The number of nitrogens with one attached hydrogen (secondary N) is 1. The van der Waals surface area contributed by atoms with Gasteiger partial charge in [-0.25, -0.2) is 0 Å². The van der Waals surface area contributed by atoms with E-state index in [1.807, 2.05) is 24.4 Å². The van der Waals surface area contributed by atoms with Crippen molar-refractivity contribution in [3.8, 4) is 0 Å². The largest absolute Gasteiger partial charge is 0.372 e. The predicted octanol–water partition coefficient (Wildman–Crippen LogP) is 3.75. The molecule has 1 N–H and O–H groups in total. The first kappa shape index (κ1) is 22.1. The van der Waals surface area contributed by atoms with Crippen LogP contribution >= 0.6 is 0 Å². The molecule has 1 fully saturated rings. The van der Waals surface area contributed by atoms with Crippen LogP contribution in [-0.4, -0.2) is 58.7 Å². The molecule has 4 rings (SSSR count). The molecule has 1 aliphatic heterocycles. The highest BCUT2D eigenvalue weighted by Crippen LogP contribution is 2.20. The summed E-state index contributed by atoms with van der Waals surface area (Å²) in [7, 11) is 2.10. The molecule has 0 bridgehead atoms. The first-order valence-corrected chi connectivity index (χ1v) is 11.9. The van der Waals surface area contributed by atoms with Crippen LogP contribution in [0.2, 0.25) is 0 Å². The fourth-order valence-electron chi connectivity index (χ4n) is 4.27. The second-order valence-corrected chi connectivity index (χ2v) is 8.45. The van der Waals surface area contributed by atoms with Crippen molar-refractivity contribution in [3.05, 3.63) is 60.0 Å². The van der Waals surface area contributed by atoms with Crippen LogP contribution in [0.3, 0.4) is 0 Å². The lowest BCUT2D eigenvalue weighted by Gasteiger charge is -2.29. The monoisotopic (exact) mass is 433 g/mol. The van der Waals surface area contributed by atoms with Crippen molar-refractivity contribution in [2.75, 3.05) is 38.1 Å². The topological polar surface area (TPSA) is 61.1 Å². The van der Waals surface area contributed by atoms with E-state index in [9.17, 15) is 0 Å². The number of aromatic nitrogens is 3. The Kier molecular flexibility index (Phi) is 7.59. The first-order valence-electron chi connectivity index (χ1n) is 11.9. The molecule has 0 saturated carbocycles. The Bertz CT molecular complexity index is 1000. The molecule has 3 aromatic rings. The molecule has 0 radical (unpaired) electrons. The van der Waals surface area contributed by atoms with E-state index in [-0.39, 0.29) is 0 Å². The zero-order chi connectivity index (χ0) is 22.2. The van der Waals surface area contributed by atoms with E-state index in [1.54, 1.807) is 0 Å². The summed E-state index contributed by atoms with van der Waals surface area (Å²) in [5, 5.41) is 12.0. The first-order chi connectivity index (χ1) is 15.7. The Balaban J connectivity index is 1.31. The van der Waals surface area contributed by atoms with Gasteiger partial charge in [-0.05, 0) is 62.4 Å². The van der Waals surface area contributed by atoms with Crippen molar-refractivity contribution in [2.45, 2.75) is 45.6 Å². The SMILES string of the molecule is CCNC(=NCCCc1nnc2ccccn12)N(C)Cc1ccc(N2CCCCC2)cc1. The maximum absolute atomic E-state index is 4.85. The number of anilines is 1. The van der Waals surface area contributed by atoms with E-state index in [0.29, 0.717) is 0 Å². The van der Waals surface area contributed by atoms with E-state index in [4.69, 9.17) is 4.99 Å². The zero-order valence-electron chi connectivity index (χ0n) is 19.4. The van der Waals surface area contributed by atoms with Crippen LogP contribution in [0.1, 0.15) is 44.0 Å². The molecule has 32 heavy (non-hydrogen) atoms. The molecule has 1 aliphatic rings. The van der Waals surface area contributed by atoms with Gasteiger partial charge in [-0.2, -0.15) is 0 Å². The molecule has 170 valence electrons.